The Kier molecular flexibility index (Phi) is 6.14. The molecule has 2 N–H and O–H groups in total. The molecule has 0 aliphatic carbocycles. The highest BCUT2D eigenvalue weighted by Crippen LogP contribution is 2.33. The number of hydrogen-bond donors (Lipinski definition) is 2. The second-order valence-electron chi connectivity index (χ2n) is 4.49. The fourth-order valence-electron chi connectivity index (χ4n) is 1.78. The minimum atomic E-state index is -4.98. The Bertz CT molecular complexity index is 774. The lowest BCUT2D eigenvalue weighted by molar-refractivity contribution is -0.0435. The lowest BCUT2D eigenvalue weighted by Gasteiger charge is -2.13. The number of alkyl halides is 3. The van der Waals surface area contributed by atoms with E-state index in [1.54, 1.807) is 12.1 Å². The number of aromatic hydroxyl groups is 1. The van der Waals surface area contributed by atoms with Crippen molar-refractivity contribution in [1.82, 2.24) is 9.97 Å². The molecular weight excluding hydrogens is 379 g/mol. The number of hydrogen-bond acceptors (Lipinski definition) is 6. The summed E-state index contributed by atoms with van der Waals surface area (Å²) in [5.74, 6) is -0.751. The first-order chi connectivity index (χ1) is 11.7. The molecule has 1 unspecified atom stereocenters. The van der Waals surface area contributed by atoms with Gasteiger partial charge in [0.1, 0.15) is 22.6 Å². The summed E-state index contributed by atoms with van der Waals surface area (Å²) in [6.45, 7) is 1.88. The SMILES string of the molecule is CCSc1cccnc1C(=O)Nc1cc([S+]([O-])C(F)(F)F)cnc1O. The molecule has 2 rings (SSSR count). The molecule has 11 heteroatoms. The van der Waals surface area contributed by atoms with Crippen LogP contribution in [-0.2, 0) is 11.2 Å². The maximum Gasteiger partial charge on any atom is 0.578 e. The smallest absolute Gasteiger partial charge is 0.578 e. The van der Waals surface area contributed by atoms with Gasteiger partial charge in [0.15, 0.2) is 4.90 Å². The molecular formula is C14H12F3N3O3S2. The lowest BCUT2D eigenvalue weighted by Crippen LogP contribution is -2.23. The van der Waals surface area contributed by atoms with E-state index < -0.39 is 39.1 Å². The van der Waals surface area contributed by atoms with Crippen LogP contribution in [0.1, 0.15) is 17.4 Å². The van der Waals surface area contributed by atoms with Crippen molar-refractivity contribution in [3.8, 4) is 5.88 Å². The van der Waals surface area contributed by atoms with Crippen molar-refractivity contribution in [1.29, 1.82) is 0 Å². The van der Waals surface area contributed by atoms with E-state index in [-0.39, 0.29) is 5.69 Å². The summed E-state index contributed by atoms with van der Waals surface area (Å²) in [5.41, 5.74) is -5.32. The van der Waals surface area contributed by atoms with Crippen LogP contribution in [0, 0.1) is 0 Å². The first-order valence-electron chi connectivity index (χ1n) is 6.80. The maximum absolute atomic E-state index is 12.5. The summed E-state index contributed by atoms with van der Waals surface area (Å²) in [4.78, 5) is 19.5. The topological polar surface area (TPSA) is 98.2 Å². The maximum atomic E-state index is 12.5. The third kappa shape index (κ3) is 4.77. The van der Waals surface area contributed by atoms with Gasteiger partial charge in [-0.15, -0.1) is 24.9 Å². The minimum Gasteiger partial charge on any atom is -0.604 e. The van der Waals surface area contributed by atoms with E-state index in [4.69, 9.17) is 0 Å². The fourth-order valence-corrected chi connectivity index (χ4v) is 3.19. The van der Waals surface area contributed by atoms with Gasteiger partial charge in [-0.05, 0) is 17.9 Å². The van der Waals surface area contributed by atoms with Crippen molar-refractivity contribution in [2.75, 3.05) is 11.1 Å². The lowest BCUT2D eigenvalue weighted by atomic mass is 10.3. The predicted molar refractivity (Wildman–Crippen MR) is 87.0 cm³/mol. The molecule has 134 valence electrons. The van der Waals surface area contributed by atoms with E-state index in [2.05, 4.69) is 15.3 Å². The number of anilines is 1. The Balaban J connectivity index is 2.30. The van der Waals surface area contributed by atoms with Crippen molar-refractivity contribution < 1.29 is 27.6 Å². The van der Waals surface area contributed by atoms with Gasteiger partial charge in [0.25, 0.3) is 5.91 Å². The van der Waals surface area contributed by atoms with Crippen LogP contribution < -0.4 is 5.32 Å². The number of pyridine rings is 2. The van der Waals surface area contributed by atoms with Crippen molar-refractivity contribution in [3.05, 3.63) is 36.3 Å². The van der Waals surface area contributed by atoms with E-state index in [1.807, 2.05) is 6.92 Å². The monoisotopic (exact) mass is 391 g/mol. The van der Waals surface area contributed by atoms with Crippen molar-refractivity contribution in [2.24, 2.45) is 0 Å². The van der Waals surface area contributed by atoms with Crippen LogP contribution in [-0.4, -0.2) is 36.8 Å². The molecule has 0 saturated heterocycles. The molecule has 6 nitrogen and oxygen atoms in total. The average Bonchev–Trinajstić information content (AvgIpc) is 2.56. The Labute approximate surface area is 148 Å². The Hall–Kier alpha value is -1.98. The largest absolute Gasteiger partial charge is 0.604 e. The fraction of sp³-hybridized carbons (Fsp3) is 0.214. The summed E-state index contributed by atoms with van der Waals surface area (Å²) < 4.78 is 49.0. The number of thioether (sulfide) groups is 1. The highest BCUT2D eigenvalue weighted by Gasteiger charge is 2.46. The van der Waals surface area contributed by atoms with Crippen molar-refractivity contribution in [2.45, 2.75) is 22.2 Å². The van der Waals surface area contributed by atoms with Crippen LogP contribution in [0.3, 0.4) is 0 Å². The van der Waals surface area contributed by atoms with Gasteiger partial charge in [0.2, 0.25) is 5.88 Å². The molecule has 1 amide bonds. The molecule has 0 fully saturated rings. The number of nitrogens with one attached hydrogen (secondary N) is 1. The van der Waals surface area contributed by atoms with Gasteiger partial charge in [-0.25, -0.2) is 9.97 Å². The van der Waals surface area contributed by atoms with E-state index in [1.165, 1.54) is 18.0 Å². The van der Waals surface area contributed by atoms with E-state index in [9.17, 15) is 27.6 Å². The van der Waals surface area contributed by atoms with E-state index >= 15 is 0 Å². The van der Waals surface area contributed by atoms with Gasteiger partial charge in [-0.2, -0.15) is 0 Å². The van der Waals surface area contributed by atoms with Crippen LogP contribution in [0.5, 0.6) is 5.88 Å². The number of halogens is 3. The molecule has 0 aliphatic rings. The molecule has 1 atom stereocenters. The molecule has 2 heterocycles. The van der Waals surface area contributed by atoms with Crippen LogP contribution in [0.15, 0.2) is 40.4 Å². The first-order valence-corrected chi connectivity index (χ1v) is 8.94. The number of nitrogens with zero attached hydrogens (tertiary/aromatic N) is 2. The van der Waals surface area contributed by atoms with Crippen LogP contribution in [0.4, 0.5) is 18.9 Å². The molecule has 0 aromatic carbocycles. The van der Waals surface area contributed by atoms with Crippen LogP contribution in [0.25, 0.3) is 0 Å². The highest BCUT2D eigenvalue weighted by atomic mass is 32.2. The second kappa shape index (κ2) is 7.93. The zero-order valence-corrected chi connectivity index (χ0v) is 14.3. The standard InChI is InChI=1S/C14H12F3N3O3S2/c1-2-24-10-4-3-5-18-11(10)13(22)20-9-6-8(7-19-12(9)21)25(23)14(15,16)17/h3-7H,2H2,1H3,(H,19,21)(H,20,22). The molecule has 2 aromatic heterocycles. The van der Waals surface area contributed by atoms with Gasteiger partial charge >= 0.3 is 5.51 Å². The zero-order valence-electron chi connectivity index (χ0n) is 12.7. The molecule has 2 aromatic rings. The van der Waals surface area contributed by atoms with Gasteiger partial charge in [0, 0.05) is 17.2 Å². The Morgan fingerprint density at radius 1 is 1.44 bits per heavy atom. The summed E-state index contributed by atoms with van der Waals surface area (Å²) in [7, 11) is 0. The van der Waals surface area contributed by atoms with Gasteiger partial charge in [-0.1, -0.05) is 6.92 Å². The third-order valence-electron chi connectivity index (χ3n) is 2.80. The van der Waals surface area contributed by atoms with Crippen molar-refractivity contribution >= 4 is 34.5 Å². The Morgan fingerprint density at radius 3 is 2.80 bits per heavy atom. The minimum absolute atomic E-state index is 0.0519. The molecule has 0 bridgehead atoms. The Morgan fingerprint density at radius 2 is 2.16 bits per heavy atom. The third-order valence-corrected chi connectivity index (χ3v) is 4.80. The average molecular weight is 391 g/mol. The van der Waals surface area contributed by atoms with Crippen molar-refractivity contribution in [3.63, 3.8) is 0 Å². The number of amides is 1. The van der Waals surface area contributed by atoms with E-state index in [0.717, 1.165) is 6.07 Å². The van der Waals surface area contributed by atoms with Crippen LogP contribution >= 0.6 is 11.8 Å². The molecule has 0 saturated carbocycles. The van der Waals surface area contributed by atoms with Gasteiger partial charge in [-0.3, -0.25) is 4.79 Å². The normalized spacial score (nSPS) is 12.7. The van der Waals surface area contributed by atoms with Crippen LogP contribution in [0.2, 0.25) is 0 Å². The highest BCUT2D eigenvalue weighted by molar-refractivity contribution is 7.99. The van der Waals surface area contributed by atoms with E-state index in [0.29, 0.717) is 16.8 Å². The van der Waals surface area contributed by atoms with Gasteiger partial charge in [0.05, 0.1) is 6.20 Å². The quantitative estimate of drug-likeness (QED) is 0.600. The first kappa shape index (κ1) is 19.3. The van der Waals surface area contributed by atoms with Gasteiger partial charge < -0.3 is 15.0 Å². The molecule has 0 aliphatic heterocycles. The number of carbonyl (C=O) groups is 1. The molecule has 25 heavy (non-hydrogen) atoms. The summed E-state index contributed by atoms with van der Waals surface area (Å²) in [6, 6.07) is 4.07. The predicted octanol–water partition coefficient (Wildman–Crippen LogP) is 3.17. The molecule has 0 spiro atoms. The summed E-state index contributed by atoms with van der Waals surface area (Å²) >= 11 is -1.97. The zero-order chi connectivity index (χ0) is 18.6. The number of carbonyl (C=O) groups excluding carboxylic acids is 1. The number of aromatic nitrogens is 2. The summed E-state index contributed by atoms with van der Waals surface area (Å²) in [5, 5.41) is 11.9. The summed E-state index contributed by atoms with van der Waals surface area (Å²) in [6.07, 6.45) is 2.02. The number of rotatable bonds is 5. The second-order valence-corrected chi connectivity index (χ2v) is 7.27. The molecule has 0 radical (unpaired) electrons.